The molecule has 4 bridgehead atoms. The largest absolute Gasteiger partial charge is 0.393 e. The van der Waals surface area contributed by atoms with E-state index in [4.69, 9.17) is 0 Å². The molecule has 4 saturated carbocycles. The maximum atomic E-state index is 13.1. The molecule has 5 aliphatic rings. The molecule has 5 fully saturated rings. The fourth-order valence-corrected chi connectivity index (χ4v) is 6.14. The summed E-state index contributed by atoms with van der Waals surface area (Å²) in [6.45, 7) is 0.414. The van der Waals surface area contributed by atoms with Gasteiger partial charge in [-0.2, -0.15) is 13.2 Å². The van der Waals surface area contributed by atoms with E-state index < -0.39 is 12.1 Å². The summed E-state index contributed by atoms with van der Waals surface area (Å²) >= 11 is 0. The monoisotopic (exact) mass is 315 g/mol. The minimum absolute atomic E-state index is 0.0561. The summed E-state index contributed by atoms with van der Waals surface area (Å²) in [5.41, 5.74) is -0.303. The summed E-state index contributed by atoms with van der Waals surface area (Å²) < 4.78 is 39.0. The van der Waals surface area contributed by atoms with Gasteiger partial charge < -0.3 is 4.90 Å². The molecule has 0 aromatic rings. The smallest absolute Gasteiger partial charge is 0.342 e. The molecule has 22 heavy (non-hydrogen) atoms. The van der Waals surface area contributed by atoms with Crippen LogP contribution >= 0.6 is 0 Å². The number of amides is 1. The van der Waals surface area contributed by atoms with Crippen LogP contribution in [0.1, 0.15) is 51.4 Å². The van der Waals surface area contributed by atoms with Gasteiger partial charge in [-0.1, -0.05) is 0 Å². The van der Waals surface area contributed by atoms with E-state index in [1.165, 1.54) is 19.3 Å². The minimum Gasteiger partial charge on any atom is -0.342 e. The lowest BCUT2D eigenvalue weighted by atomic mass is 9.49. The lowest BCUT2D eigenvalue weighted by Crippen LogP contribution is -2.56. The molecule has 5 heteroatoms. The van der Waals surface area contributed by atoms with E-state index >= 15 is 0 Å². The molecule has 0 unspecified atom stereocenters. The Kier molecular flexibility index (Phi) is 3.29. The number of likely N-dealkylation sites (tertiary alicyclic amines) is 1. The van der Waals surface area contributed by atoms with Crippen LogP contribution in [0.2, 0.25) is 0 Å². The second kappa shape index (κ2) is 4.88. The number of halogens is 3. The van der Waals surface area contributed by atoms with E-state index in [0.717, 1.165) is 19.3 Å². The van der Waals surface area contributed by atoms with Crippen molar-refractivity contribution in [1.29, 1.82) is 0 Å². The van der Waals surface area contributed by atoms with Crippen molar-refractivity contribution in [2.45, 2.75) is 57.5 Å². The highest BCUT2D eigenvalue weighted by atomic mass is 19.4. The molecule has 0 N–H and O–H groups in total. The van der Waals surface area contributed by atoms with Gasteiger partial charge in [0.2, 0.25) is 5.91 Å². The molecule has 124 valence electrons. The predicted molar refractivity (Wildman–Crippen MR) is 76.0 cm³/mol. The average Bonchev–Trinajstić information content (AvgIpc) is 2.44. The standard InChI is InChI=1S/C17H24F3NO/c18-17(19,20)14-2-1-3-21(10-14)15(22)16-7-11-4-12(8-16)6-13(5-11)9-16/h11-14H,1-10H2/t11?,12?,13?,14-,16?/m0/s1. The lowest BCUT2D eigenvalue weighted by molar-refractivity contribution is -0.192. The van der Waals surface area contributed by atoms with Gasteiger partial charge >= 0.3 is 6.18 Å². The van der Waals surface area contributed by atoms with Crippen molar-refractivity contribution < 1.29 is 18.0 Å². The molecule has 1 aliphatic heterocycles. The van der Waals surface area contributed by atoms with Crippen LogP contribution in [0.3, 0.4) is 0 Å². The highest BCUT2D eigenvalue weighted by Gasteiger charge is 2.56. The van der Waals surface area contributed by atoms with Crippen LogP contribution in [0, 0.1) is 29.1 Å². The van der Waals surface area contributed by atoms with E-state index in [-0.39, 0.29) is 24.3 Å². The average molecular weight is 315 g/mol. The highest BCUT2D eigenvalue weighted by Crippen LogP contribution is 2.60. The van der Waals surface area contributed by atoms with Gasteiger partial charge in [0.1, 0.15) is 0 Å². The van der Waals surface area contributed by atoms with Crippen molar-refractivity contribution in [3.05, 3.63) is 0 Å². The zero-order valence-corrected chi connectivity index (χ0v) is 12.9. The van der Waals surface area contributed by atoms with Crippen molar-refractivity contribution in [3.8, 4) is 0 Å². The van der Waals surface area contributed by atoms with Crippen LogP contribution in [-0.2, 0) is 4.79 Å². The Morgan fingerprint density at radius 3 is 2.05 bits per heavy atom. The predicted octanol–water partition coefficient (Wildman–Crippen LogP) is 4.00. The van der Waals surface area contributed by atoms with E-state index in [1.807, 2.05) is 0 Å². The number of hydrogen-bond donors (Lipinski definition) is 0. The number of piperidine rings is 1. The maximum Gasteiger partial charge on any atom is 0.393 e. The second-order valence-corrected chi connectivity index (χ2v) is 8.33. The summed E-state index contributed by atoms with van der Waals surface area (Å²) in [7, 11) is 0. The molecule has 0 radical (unpaired) electrons. The second-order valence-electron chi connectivity index (χ2n) is 8.33. The Balaban J connectivity index is 1.52. The quantitative estimate of drug-likeness (QED) is 0.716. The zero-order chi connectivity index (χ0) is 15.5. The number of carbonyl (C=O) groups excluding carboxylic acids is 1. The fraction of sp³-hybridized carbons (Fsp3) is 0.941. The van der Waals surface area contributed by atoms with Crippen LogP contribution < -0.4 is 0 Å². The third kappa shape index (κ3) is 2.35. The molecule has 1 amide bonds. The van der Waals surface area contributed by atoms with Crippen LogP contribution in [-0.4, -0.2) is 30.1 Å². The minimum atomic E-state index is -4.17. The van der Waals surface area contributed by atoms with Crippen molar-refractivity contribution >= 4 is 5.91 Å². The van der Waals surface area contributed by atoms with Crippen molar-refractivity contribution in [1.82, 2.24) is 4.90 Å². The highest BCUT2D eigenvalue weighted by molar-refractivity contribution is 5.83. The Bertz CT molecular complexity index is 438. The van der Waals surface area contributed by atoms with Crippen molar-refractivity contribution in [3.63, 3.8) is 0 Å². The molecule has 0 spiro atoms. The Morgan fingerprint density at radius 1 is 1.00 bits per heavy atom. The Labute approximate surface area is 129 Å². The third-order valence-electron chi connectivity index (χ3n) is 6.66. The molecule has 1 atom stereocenters. The first-order chi connectivity index (χ1) is 10.4. The first-order valence-electron chi connectivity index (χ1n) is 8.72. The first kappa shape index (κ1) is 14.8. The Morgan fingerprint density at radius 2 is 1.55 bits per heavy atom. The molecular formula is C17H24F3NO. The number of hydrogen-bond acceptors (Lipinski definition) is 1. The van der Waals surface area contributed by atoms with Crippen LogP contribution in [0.15, 0.2) is 0 Å². The number of alkyl halides is 3. The van der Waals surface area contributed by atoms with Crippen LogP contribution in [0.25, 0.3) is 0 Å². The molecule has 4 aliphatic carbocycles. The first-order valence-corrected chi connectivity index (χ1v) is 8.72. The fourth-order valence-electron chi connectivity index (χ4n) is 6.14. The van der Waals surface area contributed by atoms with Gasteiger partial charge in [0.25, 0.3) is 0 Å². The normalized spacial score (nSPS) is 44.4. The number of carbonyl (C=O) groups is 1. The molecular weight excluding hydrogens is 291 g/mol. The van der Waals surface area contributed by atoms with E-state index in [2.05, 4.69) is 0 Å². The Hall–Kier alpha value is -0.740. The van der Waals surface area contributed by atoms with Crippen molar-refractivity contribution in [2.75, 3.05) is 13.1 Å². The summed E-state index contributed by atoms with van der Waals surface area (Å²) in [4.78, 5) is 14.6. The molecule has 2 nitrogen and oxygen atoms in total. The summed E-state index contributed by atoms with van der Waals surface area (Å²) in [6.07, 6.45) is 3.05. The van der Waals surface area contributed by atoms with Crippen LogP contribution in [0.5, 0.6) is 0 Å². The summed E-state index contributed by atoms with van der Waals surface area (Å²) in [5, 5.41) is 0. The SMILES string of the molecule is O=C(N1CCC[C@H](C(F)(F)F)C1)C12CC3CC(CC(C3)C1)C2. The zero-order valence-electron chi connectivity index (χ0n) is 12.9. The molecule has 5 rings (SSSR count). The lowest BCUT2D eigenvalue weighted by Gasteiger charge is -2.57. The van der Waals surface area contributed by atoms with Gasteiger partial charge in [-0.3, -0.25) is 4.79 Å². The molecule has 0 aromatic heterocycles. The van der Waals surface area contributed by atoms with E-state index in [0.29, 0.717) is 30.7 Å². The van der Waals surface area contributed by atoms with Crippen molar-refractivity contribution in [2.24, 2.45) is 29.1 Å². The molecule has 0 aromatic carbocycles. The topological polar surface area (TPSA) is 20.3 Å². The number of rotatable bonds is 1. The van der Waals surface area contributed by atoms with Gasteiger partial charge in [-0.05, 0) is 69.1 Å². The van der Waals surface area contributed by atoms with Gasteiger partial charge in [-0.15, -0.1) is 0 Å². The number of nitrogens with zero attached hydrogens (tertiary/aromatic N) is 1. The molecule has 1 heterocycles. The summed E-state index contributed by atoms with van der Waals surface area (Å²) in [5.74, 6) is 0.690. The van der Waals surface area contributed by atoms with Crippen LogP contribution in [0.4, 0.5) is 13.2 Å². The summed E-state index contributed by atoms with van der Waals surface area (Å²) in [6, 6.07) is 0. The van der Waals surface area contributed by atoms with Gasteiger partial charge in [0.05, 0.1) is 11.3 Å². The van der Waals surface area contributed by atoms with Gasteiger partial charge in [0.15, 0.2) is 0 Å². The molecule has 1 saturated heterocycles. The third-order valence-corrected chi connectivity index (χ3v) is 6.66. The van der Waals surface area contributed by atoms with E-state index in [1.54, 1.807) is 4.90 Å². The van der Waals surface area contributed by atoms with E-state index in [9.17, 15) is 18.0 Å². The maximum absolute atomic E-state index is 13.1. The van der Waals surface area contributed by atoms with Gasteiger partial charge in [0, 0.05) is 13.1 Å². The van der Waals surface area contributed by atoms with Gasteiger partial charge in [-0.25, -0.2) is 0 Å².